The number of amides is 1. The van der Waals surface area contributed by atoms with Crippen LogP contribution >= 0.6 is 35.0 Å². The first-order valence-corrected chi connectivity index (χ1v) is 11.4. The molecule has 0 spiro atoms. The molecule has 0 unspecified atom stereocenters. The van der Waals surface area contributed by atoms with Gasteiger partial charge in [0.15, 0.2) is 5.17 Å². The Hall–Kier alpha value is -2.47. The normalized spacial score (nSPS) is 16.7. The number of hydrogen-bond donors (Lipinski definition) is 0. The third-order valence-corrected chi connectivity index (χ3v) is 6.45. The number of rotatable bonds is 4. The van der Waals surface area contributed by atoms with Gasteiger partial charge in [-0.25, -0.2) is 4.99 Å². The van der Waals surface area contributed by atoms with E-state index >= 15 is 0 Å². The number of benzene rings is 2. The van der Waals surface area contributed by atoms with Gasteiger partial charge in [-0.05, 0) is 80.1 Å². The minimum absolute atomic E-state index is 0.0877. The predicted molar refractivity (Wildman–Crippen MR) is 130 cm³/mol. The van der Waals surface area contributed by atoms with Crippen molar-refractivity contribution in [3.63, 3.8) is 0 Å². The number of aryl methyl sites for hydroxylation is 2. The van der Waals surface area contributed by atoms with Crippen LogP contribution in [0, 0.1) is 13.8 Å². The number of furan rings is 1. The fourth-order valence-electron chi connectivity index (χ4n) is 3.20. The molecule has 2 aromatic carbocycles. The van der Waals surface area contributed by atoms with Crippen LogP contribution in [-0.4, -0.2) is 22.5 Å². The molecule has 158 valence electrons. The first-order valence-electron chi connectivity index (χ1n) is 9.78. The summed E-state index contributed by atoms with van der Waals surface area (Å²) in [5.41, 5.74) is 3.76. The Kier molecular flexibility index (Phi) is 6.28. The summed E-state index contributed by atoms with van der Waals surface area (Å²) in [7, 11) is 0. The molecule has 0 saturated carbocycles. The number of likely N-dealkylation sites (N-methyl/N-ethyl adjacent to an activating group) is 1. The van der Waals surface area contributed by atoms with Crippen molar-refractivity contribution < 1.29 is 9.21 Å². The molecule has 4 rings (SSSR count). The summed E-state index contributed by atoms with van der Waals surface area (Å²) >= 11 is 13.7. The van der Waals surface area contributed by atoms with Crippen LogP contribution in [0.4, 0.5) is 5.69 Å². The standard InChI is InChI=1S/C24H20Cl2N2O2S/c1-4-28-23(29)22(31-24(28)27-20-11-14(2)5-6-15(20)3)13-17-8-10-21(30-17)18-12-16(25)7-9-19(18)26/h5-13H,4H2,1-3H3/b22-13+,27-24?. The van der Waals surface area contributed by atoms with E-state index in [-0.39, 0.29) is 5.91 Å². The number of amidine groups is 1. The molecule has 31 heavy (non-hydrogen) atoms. The number of nitrogens with zero attached hydrogens (tertiary/aromatic N) is 2. The Balaban J connectivity index is 1.65. The molecule has 1 fully saturated rings. The topological polar surface area (TPSA) is 45.8 Å². The number of hydrogen-bond acceptors (Lipinski definition) is 4. The number of carbonyl (C=O) groups excluding carboxylic acids is 1. The molecule has 1 aromatic heterocycles. The van der Waals surface area contributed by atoms with Gasteiger partial charge in [-0.2, -0.15) is 0 Å². The maximum Gasteiger partial charge on any atom is 0.266 e. The minimum Gasteiger partial charge on any atom is -0.457 e. The largest absolute Gasteiger partial charge is 0.457 e. The maximum atomic E-state index is 12.9. The lowest BCUT2D eigenvalue weighted by Gasteiger charge is -2.12. The summed E-state index contributed by atoms with van der Waals surface area (Å²) in [6, 6.07) is 14.9. The minimum atomic E-state index is -0.0877. The Bertz CT molecular complexity index is 1230. The summed E-state index contributed by atoms with van der Waals surface area (Å²) in [4.78, 5) is 19.9. The molecule has 7 heteroatoms. The van der Waals surface area contributed by atoms with Gasteiger partial charge in [-0.1, -0.05) is 35.3 Å². The summed E-state index contributed by atoms with van der Waals surface area (Å²) in [6.45, 7) is 6.51. The summed E-state index contributed by atoms with van der Waals surface area (Å²) in [6.07, 6.45) is 1.74. The van der Waals surface area contributed by atoms with Crippen LogP contribution in [0.2, 0.25) is 10.0 Å². The number of aliphatic imine (C=N–C) groups is 1. The SMILES string of the molecule is CCN1C(=O)/C(=C\c2ccc(-c3cc(Cl)ccc3Cl)o2)SC1=Nc1cc(C)ccc1C. The monoisotopic (exact) mass is 470 g/mol. The van der Waals surface area contributed by atoms with Crippen molar-refractivity contribution >= 4 is 57.8 Å². The van der Waals surface area contributed by atoms with Crippen molar-refractivity contribution in [3.8, 4) is 11.3 Å². The van der Waals surface area contributed by atoms with Gasteiger partial charge in [0.1, 0.15) is 11.5 Å². The van der Waals surface area contributed by atoms with Gasteiger partial charge in [0.2, 0.25) is 0 Å². The molecule has 4 nitrogen and oxygen atoms in total. The highest BCUT2D eigenvalue weighted by molar-refractivity contribution is 8.18. The molecule has 0 radical (unpaired) electrons. The number of carbonyl (C=O) groups is 1. The van der Waals surface area contributed by atoms with Gasteiger partial charge >= 0.3 is 0 Å². The molecule has 0 aliphatic carbocycles. The zero-order valence-corrected chi connectivity index (χ0v) is 19.6. The van der Waals surface area contributed by atoms with Crippen molar-refractivity contribution in [1.29, 1.82) is 0 Å². The van der Waals surface area contributed by atoms with Crippen molar-refractivity contribution in [2.75, 3.05) is 6.54 Å². The van der Waals surface area contributed by atoms with E-state index in [0.29, 0.717) is 43.7 Å². The van der Waals surface area contributed by atoms with Crippen LogP contribution in [-0.2, 0) is 4.79 Å². The molecule has 0 N–H and O–H groups in total. The summed E-state index contributed by atoms with van der Waals surface area (Å²) in [5, 5.41) is 1.78. The van der Waals surface area contributed by atoms with Gasteiger partial charge < -0.3 is 4.42 Å². The molecule has 0 atom stereocenters. The Morgan fingerprint density at radius 1 is 1.10 bits per heavy atom. The lowest BCUT2D eigenvalue weighted by atomic mass is 10.1. The van der Waals surface area contributed by atoms with Crippen LogP contribution in [0.3, 0.4) is 0 Å². The maximum absolute atomic E-state index is 12.9. The van der Waals surface area contributed by atoms with E-state index in [0.717, 1.165) is 16.8 Å². The molecule has 1 saturated heterocycles. The zero-order valence-electron chi connectivity index (χ0n) is 17.3. The molecule has 2 heterocycles. The fourth-order valence-corrected chi connectivity index (χ4v) is 4.62. The van der Waals surface area contributed by atoms with Crippen molar-refractivity contribution in [2.45, 2.75) is 20.8 Å². The molecule has 1 amide bonds. The van der Waals surface area contributed by atoms with Gasteiger partial charge in [-0.15, -0.1) is 0 Å². The summed E-state index contributed by atoms with van der Waals surface area (Å²) < 4.78 is 5.93. The second kappa shape index (κ2) is 8.95. The zero-order chi connectivity index (χ0) is 22.1. The number of halogens is 2. The average molecular weight is 471 g/mol. The van der Waals surface area contributed by atoms with Crippen molar-refractivity contribution in [3.05, 3.63) is 80.4 Å². The lowest BCUT2D eigenvalue weighted by molar-refractivity contribution is -0.122. The first kappa shape index (κ1) is 21.8. The fraction of sp³-hybridized carbons (Fsp3) is 0.167. The van der Waals surface area contributed by atoms with Gasteiger partial charge in [0.05, 0.1) is 15.6 Å². The van der Waals surface area contributed by atoms with Crippen LogP contribution in [0.1, 0.15) is 23.8 Å². The van der Waals surface area contributed by atoms with E-state index in [9.17, 15) is 4.79 Å². The molecule has 3 aromatic rings. The van der Waals surface area contributed by atoms with Gasteiger partial charge in [0, 0.05) is 23.2 Å². The average Bonchev–Trinajstić information content (AvgIpc) is 3.31. The summed E-state index contributed by atoms with van der Waals surface area (Å²) in [5.74, 6) is 1.06. The van der Waals surface area contributed by atoms with E-state index in [1.165, 1.54) is 11.8 Å². The number of thioether (sulfide) groups is 1. The predicted octanol–water partition coefficient (Wildman–Crippen LogP) is 7.49. The third-order valence-electron chi connectivity index (χ3n) is 4.88. The van der Waals surface area contributed by atoms with Crippen LogP contribution < -0.4 is 0 Å². The molecule has 0 bridgehead atoms. The van der Waals surface area contributed by atoms with Crippen molar-refractivity contribution in [1.82, 2.24) is 4.90 Å². The molecular formula is C24H20Cl2N2O2S. The van der Waals surface area contributed by atoms with Crippen molar-refractivity contribution in [2.24, 2.45) is 4.99 Å². The van der Waals surface area contributed by atoms with Crippen LogP contribution in [0.5, 0.6) is 0 Å². The Morgan fingerprint density at radius 2 is 1.90 bits per heavy atom. The second-order valence-electron chi connectivity index (χ2n) is 7.17. The lowest BCUT2D eigenvalue weighted by Crippen LogP contribution is -2.28. The van der Waals surface area contributed by atoms with E-state index in [2.05, 4.69) is 6.07 Å². The van der Waals surface area contributed by atoms with E-state index in [1.807, 2.05) is 45.0 Å². The quantitative estimate of drug-likeness (QED) is 0.370. The Morgan fingerprint density at radius 3 is 2.68 bits per heavy atom. The first-order chi connectivity index (χ1) is 14.9. The third kappa shape index (κ3) is 4.59. The van der Waals surface area contributed by atoms with E-state index in [4.69, 9.17) is 32.6 Å². The molecular weight excluding hydrogens is 451 g/mol. The highest BCUT2D eigenvalue weighted by Gasteiger charge is 2.32. The molecule has 1 aliphatic heterocycles. The second-order valence-corrected chi connectivity index (χ2v) is 9.02. The van der Waals surface area contributed by atoms with Gasteiger partial charge in [0.25, 0.3) is 5.91 Å². The van der Waals surface area contributed by atoms with Crippen LogP contribution in [0.15, 0.2) is 62.8 Å². The highest BCUT2D eigenvalue weighted by Crippen LogP contribution is 2.36. The van der Waals surface area contributed by atoms with E-state index in [1.54, 1.807) is 29.2 Å². The van der Waals surface area contributed by atoms with Gasteiger partial charge in [-0.3, -0.25) is 9.69 Å². The molecule has 1 aliphatic rings. The smallest absolute Gasteiger partial charge is 0.266 e. The Labute approximate surface area is 195 Å². The van der Waals surface area contributed by atoms with Crippen LogP contribution in [0.25, 0.3) is 17.4 Å². The van der Waals surface area contributed by atoms with E-state index < -0.39 is 0 Å². The highest BCUT2D eigenvalue weighted by atomic mass is 35.5.